The molecular weight excluding hydrogens is 482 g/mol. The molecule has 5 nitrogen and oxygen atoms in total. The van der Waals surface area contributed by atoms with Gasteiger partial charge in [0.1, 0.15) is 5.82 Å². The first kappa shape index (κ1) is 23.4. The van der Waals surface area contributed by atoms with E-state index < -0.39 is 0 Å². The Labute approximate surface area is 189 Å². The van der Waals surface area contributed by atoms with Crippen LogP contribution < -0.4 is 15.5 Å². The lowest BCUT2D eigenvalue weighted by molar-refractivity contribution is 0.275. The number of benzene rings is 2. The van der Waals surface area contributed by atoms with Crippen LogP contribution in [0.25, 0.3) is 0 Å². The summed E-state index contributed by atoms with van der Waals surface area (Å²) in [6.07, 6.45) is 2.52. The Balaban J connectivity index is 0.00000300. The minimum absolute atomic E-state index is 0. The van der Waals surface area contributed by atoms with Gasteiger partial charge in [-0.05, 0) is 55.2 Å². The van der Waals surface area contributed by atoms with Crippen molar-refractivity contribution < 1.29 is 9.50 Å². The standard InChI is InChI=1S/C22H29FN4O.HI/c1-16(18-6-5-7-20(13-18)27-10-3-4-11-27)26-22(24-2)25-14-17-8-9-21(23)19(12-17)15-28;/h5-9,12-13,16,28H,3-4,10-11,14-15H2,1-2H3,(H2,24,25,26);1H. The maximum atomic E-state index is 13.5. The van der Waals surface area contributed by atoms with Crippen molar-refractivity contribution in [1.29, 1.82) is 0 Å². The number of nitrogens with one attached hydrogen (secondary N) is 2. The predicted molar refractivity (Wildman–Crippen MR) is 127 cm³/mol. The minimum atomic E-state index is -0.389. The fraction of sp³-hybridized carbons (Fsp3) is 0.409. The van der Waals surface area contributed by atoms with E-state index in [-0.39, 0.29) is 42.4 Å². The molecule has 0 bridgehead atoms. The molecule has 158 valence electrons. The maximum Gasteiger partial charge on any atom is 0.191 e. The first-order valence-corrected chi connectivity index (χ1v) is 9.81. The molecule has 1 saturated heterocycles. The summed E-state index contributed by atoms with van der Waals surface area (Å²) < 4.78 is 13.5. The highest BCUT2D eigenvalue weighted by atomic mass is 127. The van der Waals surface area contributed by atoms with Crippen molar-refractivity contribution in [2.24, 2.45) is 4.99 Å². The molecular formula is C22H30FIN4O. The third kappa shape index (κ3) is 6.30. The highest BCUT2D eigenvalue weighted by Gasteiger charge is 2.14. The first-order valence-electron chi connectivity index (χ1n) is 9.81. The van der Waals surface area contributed by atoms with Gasteiger partial charge >= 0.3 is 0 Å². The fourth-order valence-electron chi connectivity index (χ4n) is 3.49. The minimum Gasteiger partial charge on any atom is -0.392 e. The summed E-state index contributed by atoms with van der Waals surface area (Å²) in [5.74, 6) is 0.286. The lowest BCUT2D eigenvalue weighted by atomic mass is 10.1. The number of halogens is 2. The molecule has 1 aliphatic rings. The van der Waals surface area contributed by atoms with Crippen LogP contribution in [0.2, 0.25) is 0 Å². The number of guanidine groups is 1. The Kier molecular flexibility index (Phi) is 9.16. The number of hydrogen-bond acceptors (Lipinski definition) is 3. The molecule has 0 aromatic heterocycles. The van der Waals surface area contributed by atoms with Crippen molar-refractivity contribution in [3.05, 3.63) is 65.0 Å². The Morgan fingerprint density at radius 2 is 1.97 bits per heavy atom. The van der Waals surface area contributed by atoms with Crippen molar-refractivity contribution in [1.82, 2.24) is 10.6 Å². The van der Waals surface area contributed by atoms with Gasteiger partial charge < -0.3 is 20.6 Å². The number of aliphatic imine (C=N–C) groups is 1. The lowest BCUT2D eigenvalue weighted by Gasteiger charge is -2.22. The zero-order valence-corrected chi connectivity index (χ0v) is 19.3. The van der Waals surface area contributed by atoms with E-state index in [1.807, 2.05) is 0 Å². The maximum absolute atomic E-state index is 13.5. The van der Waals surface area contributed by atoms with Gasteiger partial charge in [-0.2, -0.15) is 0 Å². The summed E-state index contributed by atoms with van der Waals surface area (Å²) in [5, 5.41) is 15.9. The van der Waals surface area contributed by atoms with Crippen molar-refractivity contribution in [2.45, 2.75) is 39.0 Å². The van der Waals surface area contributed by atoms with Gasteiger partial charge in [-0.1, -0.05) is 18.2 Å². The molecule has 29 heavy (non-hydrogen) atoms. The first-order chi connectivity index (χ1) is 13.6. The number of anilines is 1. The van der Waals surface area contributed by atoms with E-state index in [1.54, 1.807) is 19.2 Å². The largest absolute Gasteiger partial charge is 0.392 e. The van der Waals surface area contributed by atoms with Crippen molar-refractivity contribution in [2.75, 3.05) is 25.0 Å². The van der Waals surface area contributed by atoms with E-state index in [4.69, 9.17) is 0 Å². The van der Waals surface area contributed by atoms with Gasteiger partial charge in [-0.15, -0.1) is 24.0 Å². The summed E-state index contributed by atoms with van der Waals surface area (Å²) in [6, 6.07) is 13.5. The van der Waals surface area contributed by atoms with Crippen LogP contribution in [-0.4, -0.2) is 31.2 Å². The Hall–Kier alpha value is -1.87. The van der Waals surface area contributed by atoms with Crippen LogP contribution in [-0.2, 0) is 13.2 Å². The van der Waals surface area contributed by atoms with Gasteiger partial charge in [-0.3, -0.25) is 4.99 Å². The summed E-state index contributed by atoms with van der Waals surface area (Å²) in [7, 11) is 1.73. The van der Waals surface area contributed by atoms with Gasteiger partial charge in [0.15, 0.2) is 5.96 Å². The van der Waals surface area contributed by atoms with Gasteiger partial charge in [0.25, 0.3) is 0 Å². The summed E-state index contributed by atoms with van der Waals surface area (Å²) in [4.78, 5) is 6.72. The zero-order valence-electron chi connectivity index (χ0n) is 17.0. The second-order valence-electron chi connectivity index (χ2n) is 7.16. The van der Waals surface area contributed by atoms with Gasteiger partial charge in [0.05, 0.1) is 12.6 Å². The molecule has 1 aliphatic heterocycles. The Morgan fingerprint density at radius 3 is 2.66 bits per heavy atom. The number of aliphatic hydroxyl groups excluding tert-OH is 1. The molecule has 3 rings (SSSR count). The number of aliphatic hydroxyl groups is 1. The average molecular weight is 512 g/mol. The zero-order chi connectivity index (χ0) is 19.9. The van der Waals surface area contributed by atoms with Crippen LogP contribution >= 0.6 is 24.0 Å². The fourth-order valence-corrected chi connectivity index (χ4v) is 3.49. The molecule has 0 radical (unpaired) electrons. The molecule has 0 saturated carbocycles. The molecule has 2 aromatic rings. The third-order valence-electron chi connectivity index (χ3n) is 5.16. The smallest absolute Gasteiger partial charge is 0.191 e. The van der Waals surface area contributed by atoms with Crippen LogP contribution in [0.15, 0.2) is 47.5 Å². The van der Waals surface area contributed by atoms with Crippen LogP contribution in [0.5, 0.6) is 0 Å². The predicted octanol–water partition coefficient (Wildman–Crippen LogP) is 3.96. The van der Waals surface area contributed by atoms with E-state index in [2.05, 4.69) is 51.7 Å². The topological polar surface area (TPSA) is 59.9 Å². The van der Waals surface area contributed by atoms with Gasteiger partial charge in [0, 0.05) is 37.9 Å². The van der Waals surface area contributed by atoms with Gasteiger partial charge in [-0.25, -0.2) is 4.39 Å². The molecule has 0 amide bonds. The van der Waals surface area contributed by atoms with Gasteiger partial charge in [0.2, 0.25) is 0 Å². The molecule has 1 unspecified atom stereocenters. The van der Waals surface area contributed by atoms with Crippen molar-refractivity contribution in [3.63, 3.8) is 0 Å². The molecule has 2 aromatic carbocycles. The van der Waals surface area contributed by atoms with E-state index in [0.29, 0.717) is 18.1 Å². The van der Waals surface area contributed by atoms with Crippen molar-refractivity contribution in [3.8, 4) is 0 Å². The molecule has 1 fully saturated rings. The lowest BCUT2D eigenvalue weighted by Crippen LogP contribution is -2.38. The highest BCUT2D eigenvalue weighted by Crippen LogP contribution is 2.24. The number of rotatable bonds is 6. The van der Waals surface area contributed by atoms with E-state index in [1.165, 1.54) is 30.2 Å². The van der Waals surface area contributed by atoms with E-state index in [0.717, 1.165) is 18.7 Å². The molecule has 0 spiro atoms. The highest BCUT2D eigenvalue weighted by molar-refractivity contribution is 14.0. The summed E-state index contributed by atoms with van der Waals surface area (Å²) in [6.45, 7) is 4.55. The second kappa shape index (κ2) is 11.3. The summed E-state index contributed by atoms with van der Waals surface area (Å²) in [5.41, 5.74) is 3.66. The Morgan fingerprint density at radius 1 is 1.21 bits per heavy atom. The van der Waals surface area contributed by atoms with Crippen LogP contribution in [0.1, 0.15) is 42.5 Å². The monoisotopic (exact) mass is 512 g/mol. The number of nitrogens with zero attached hydrogens (tertiary/aromatic N) is 2. The van der Waals surface area contributed by atoms with E-state index in [9.17, 15) is 9.50 Å². The molecule has 1 heterocycles. The van der Waals surface area contributed by atoms with Crippen LogP contribution in [0.3, 0.4) is 0 Å². The molecule has 7 heteroatoms. The van der Waals surface area contributed by atoms with E-state index >= 15 is 0 Å². The average Bonchev–Trinajstić information content (AvgIpc) is 3.27. The summed E-state index contributed by atoms with van der Waals surface area (Å²) >= 11 is 0. The SMILES string of the molecule is CN=C(NCc1ccc(F)c(CO)c1)NC(C)c1cccc(N2CCCC2)c1.I. The molecule has 3 N–H and O–H groups in total. The van der Waals surface area contributed by atoms with Crippen LogP contribution in [0, 0.1) is 5.82 Å². The molecule has 0 aliphatic carbocycles. The van der Waals surface area contributed by atoms with Crippen molar-refractivity contribution >= 4 is 35.6 Å². The Bertz CT molecular complexity index is 824. The second-order valence-corrected chi connectivity index (χ2v) is 7.16. The molecule has 1 atom stereocenters. The quantitative estimate of drug-likeness (QED) is 0.312. The van der Waals surface area contributed by atoms with Crippen LogP contribution in [0.4, 0.5) is 10.1 Å². The normalized spacial score (nSPS) is 15.0. The number of hydrogen-bond donors (Lipinski definition) is 3. The third-order valence-corrected chi connectivity index (χ3v) is 5.16.